The van der Waals surface area contributed by atoms with Gasteiger partial charge < -0.3 is 15.6 Å². The molecule has 0 aliphatic carbocycles. The highest BCUT2D eigenvalue weighted by Crippen LogP contribution is 2.29. The van der Waals surface area contributed by atoms with Crippen molar-refractivity contribution < 1.29 is 5.43 Å². The predicted molar refractivity (Wildman–Crippen MR) is 114 cm³/mol. The van der Waals surface area contributed by atoms with E-state index in [1.165, 1.54) is 6.21 Å². The Balaban J connectivity index is 1.73. The SMILES string of the molecule is CCN(CC)C1=CN[NH2+]C(Nc2ccc3c(n2)CC(C(C=N)CNC)C=N3)=C1. The molecule has 0 saturated carbocycles. The summed E-state index contributed by atoms with van der Waals surface area (Å²) in [6.45, 7) is 7.00. The molecule has 2 aliphatic rings. The molecule has 2 atom stereocenters. The van der Waals surface area contributed by atoms with Gasteiger partial charge in [0.05, 0.1) is 23.3 Å². The van der Waals surface area contributed by atoms with Gasteiger partial charge in [-0.3, -0.25) is 10.3 Å². The van der Waals surface area contributed by atoms with Crippen LogP contribution in [0.15, 0.2) is 40.9 Å². The lowest BCUT2D eigenvalue weighted by Gasteiger charge is -2.25. The van der Waals surface area contributed by atoms with Gasteiger partial charge in [0.15, 0.2) is 0 Å². The molecule has 0 fully saturated rings. The summed E-state index contributed by atoms with van der Waals surface area (Å²) in [5.41, 5.74) is 8.20. The molecule has 150 valence electrons. The number of aliphatic imine (C=N–C) groups is 1. The molecule has 3 heterocycles. The number of fused-ring (bicyclic) bond motifs is 1. The number of anilines is 1. The number of hydrogen-bond donors (Lipinski definition) is 5. The van der Waals surface area contributed by atoms with Crippen molar-refractivity contribution in [2.45, 2.75) is 20.3 Å². The zero-order valence-corrected chi connectivity index (χ0v) is 16.9. The molecular formula is C20H31N8+. The fourth-order valence-corrected chi connectivity index (χ4v) is 3.57. The number of allylic oxidation sites excluding steroid dienone is 1. The van der Waals surface area contributed by atoms with Crippen LogP contribution in [0.25, 0.3) is 0 Å². The molecule has 1 aromatic heterocycles. The molecule has 0 amide bonds. The van der Waals surface area contributed by atoms with Crippen molar-refractivity contribution in [3.63, 3.8) is 0 Å². The van der Waals surface area contributed by atoms with Crippen molar-refractivity contribution in [3.8, 4) is 0 Å². The van der Waals surface area contributed by atoms with Gasteiger partial charge in [0, 0.05) is 56.4 Å². The third kappa shape index (κ3) is 4.58. The highest BCUT2D eigenvalue weighted by atomic mass is 15.4. The van der Waals surface area contributed by atoms with Crippen LogP contribution in [-0.4, -0.2) is 49.0 Å². The lowest BCUT2D eigenvalue weighted by Crippen LogP contribution is -2.92. The van der Waals surface area contributed by atoms with Crippen molar-refractivity contribution in [2.75, 3.05) is 32.0 Å². The third-order valence-electron chi connectivity index (χ3n) is 5.16. The molecular weight excluding hydrogens is 352 g/mol. The van der Waals surface area contributed by atoms with Crippen molar-refractivity contribution in [1.82, 2.24) is 20.6 Å². The molecule has 1 aromatic rings. The first-order valence-electron chi connectivity index (χ1n) is 9.90. The van der Waals surface area contributed by atoms with E-state index in [1.54, 1.807) is 0 Å². The summed E-state index contributed by atoms with van der Waals surface area (Å²) in [7, 11) is 1.91. The van der Waals surface area contributed by atoms with Gasteiger partial charge >= 0.3 is 0 Å². The molecule has 8 nitrogen and oxygen atoms in total. The van der Waals surface area contributed by atoms with Crippen molar-refractivity contribution in [2.24, 2.45) is 16.8 Å². The number of nitrogens with zero attached hydrogens (tertiary/aromatic N) is 3. The molecule has 28 heavy (non-hydrogen) atoms. The maximum absolute atomic E-state index is 7.69. The van der Waals surface area contributed by atoms with Crippen LogP contribution in [0.4, 0.5) is 11.5 Å². The van der Waals surface area contributed by atoms with Crippen LogP contribution >= 0.6 is 0 Å². The quantitative estimate of drug-likeness (QED) is 0.323. The fourth-order valence-electron chi connectivity index (χ4n) is 3.57. The van der Waals surface area contributed by atoms with E-state index in [9.17, 15) is 0 Å². The summed E-state index contributed by atoms with van der Waals surface area (Å²) >= 11 is 0. The Hall–Kier alpha value is -2.71. The summed E-state index contributed by atoms with van der Waals surface area (Å²) in [6.07, 6.45) is 8.41. The van der Waals surface area contributed by atoms with E-state index < -0.39 is 0 Å². The topological polar surface area (TPSA) is 105 Å². The molecule has 0 bridgehead atoms. The summed E-state index contributed by atoms with van der Waals surface area (Å²) in [5.74, 6) is 2.10. The maximum Gasteiger partial charge on any atom is 0.230 e. The minimum Gasteiger partial charge on any atom is -0.371 e. The maximum atomic E-state index is 7.69. The van der Waals surface area contributed by atoms with Crippen molar-refractivity contribution in [1.29, 1.82) is 5.41 Å². The second-order valence-electron chi connectivity index (χ2n) is 6.97. The van der Waals surface area contributed by atoms with Gasteiger partial charge in [-0.25, -0.2) is 10.4 Å². The molecule has 3 rings (SSSR count). The minimum atomic E-state index is 0.126. The second kappa shape index (κ2) is 9.48. The van der Waals surface area contributed by atoms with Gasteiger partial charge in [0.2, 0.25) is 5.82 Å². The zero-order chi connectivity index (χ0) is 19.9. The Morgan fingerprint density at radius 3 is 2.93 bits per heavy atom. The first-order valence-corrected chi connectivity index (χ1v) is 9.90. The monoisotopic (exact) mass is 383 g/mol. The zero-order valence-electron chi connectivity index (χ0n) is 16.9. The summed E-state index contributed by atoms with van der Waals surface area (Å²) in [5, 5.41) is 14.3. The lowest BCUT2D eigenvalue weighted by molar-refractivity contribution is -0.656. The number of rotatable bonds is 9. The van der Waals surface area contributed by atoms with Crippen LogP contribution in [0.3, 0.4) is 0 Å². The fraction of sp³-hybridized carbons (Fsp3) is 0.450. The Morgan fingerprint density at radius 1 is 1.39 bits per heavy atom. The lowest BCUT2D eigenvalue weighted by atomic mass is 9.88. The number of hydrogen-bond acceptors (Lipinski definition) is 7. The van der Waals surface area contributed by atoms with E-state index in [4.69, 9.17) is 10.4 Å². The van der Waals surface area contributed by atoms with Gasteiger partial charge in [-0.15, -0.1) is 0 Å². The normalized spacial score (nSPS) is 19.0. The molecule has 8 heteroatoms. The van der Waals surface area contributed by atoms with Crippen LogP contribution < -0.4 is 21.5 Å². The van der Waals surface area contributed by atoms with Crippen LogP contribution in [-0.2, 0) is 6.42 Å². The number of aromatic nitrogens is 1. The molecule has 6 N–H and O–H groups in total. The van der Waals surface area contributed by atoms with Gasteiger partial charge in [0.25, 0.3) is 0 Å². The van der Waals surface area contributed by atoms with Gasteiger partial charge in [-0.1, -0.05) is 0 Å². The predicted octanol–water partition coefficient (Wildman–Crippen LogP) is 0.959. The van der Waals surface area contributed by atoms with Crippen LogP contribution in [0, 0.1) is 17.2 Å². The van der Waals surface area contributed by atoms with E-state index in [0.717, 1.165) is 54.8 Å². The third-order valence-corrected chi connectivity index (χ3v) is 5.16. The second-order valence-corrected chi connectivity index (χ2v) is 6.97. The van der Waals surface area contributed by atoms with E-state index in [2.05, 4.69) is 45.9 Å². The number of pyridine rings is 1. The Labute approximate surface area is 166 Å². The first kappa shape index (κ1) is 20.0. The number of quaternary nitrogens is 1. The number of likely N-dealkylation sites (N-methyl/N-ethyl adjacent to an activating group) is 1. The minimum absolute atomic E-state index is 0.126. The average molecular weight is 384 g/mol. The molecule has 2 unspecified atom stereocenters. The highest BCUT2D eigenvalue weighted by Gasteiger charge is 2.23. The van der Waals surface area contributed by atoms with Crippen LogP contribution in [0.1, 0.15) is 19.5 Å². The van der Waals surface area contributed by atoms with Crippen LogP contribution in [0.5, 0.6) is 0 Å². The Morgan fingerprint density at radius 2 is 2.21 bits per heavy atom. The van der Waals surface area contributed by atoms with Gasteiger partial charge in [-0.2, -0.15) is 5.43 Å². The largest absolute Gasteiger partial charge is 0.371 e. The Kier molecular flexibility index (Phi) is 6.78. The molecule has 2 aliphatic heterocycles. The van der Waals surface area contributed by atoms with Gasteiger partial charge in [0.1, 0.15) is 5.82 Å². The van der Waals surface area contributed by atoms with E-state index >= 15 is 0 Å². The van der Waals surface area contributed by atoms with E-state index in [1.807, 2.05) is 37.0 Å². The van der Waals surface area contributed by atoms with E-state index in [0.29, 0.717) is 0 Å². The van der Waals surface area contributed by atoms with E-state index in [-0.39, 0.29) is 11.8 Å². The standard InChI is InChI=1S/C20H30N8/c1-4-28(5-2)16-9-20(27-24-13-16)26-19-7-6-17-18(25-19)8-14(12-23-17)15(10-21)11-22-3/h6-7,9-10,12-15,21-22,24,27H,4-5,8,11H2,1-3H3,(H,25,26)/p+1. The van der Waals surface area contributed by atoms with Gasteiger partial charge in [-0.05, 0) is 33.0 Å². The van der Waals surface area contributed by atoms with Crippen molar-refractivity contribution >= 4 is 23.9 Å². The Bertz CT molecular complexity index is 778. The summed E-state index contributed by atoms with van der Waals surface area (Å²) in [4.78, 5) is 11.7. The number of nitrogens with one attached hydrogen (secondary N) is 4. The smallest absolute Gasteiger partial charge is 0.230 e. The van der Waals surface area contributed by atoms with Crippen LogP contribution in [0.2, 0.25) is 0 Å². The first-order chi connectivity index (χ1) is 13.7. The van der Waals surface area contributed by atoms with Crippen molar-refractivity contribution in [3.05, 3.63) is 41.6 Å². The summed E-state index contributed by atoms with van der Waals surface area (Å²) in [6, 6.07) is 3.97. The molecule has 0 spiro atoms. The molecule has 0 radical (unpaired) electrons. The average Bonchev–Trinajstić information content (AvgIpc) is 2.73. The highest BCUT2D eigenvalue weighted by molar-refractivity contribution is 5.75. The molecule has 0 aromatic carbocycles. The number of nitrogens with two attached hydrogens (primary N) is 1. The summed E-state index contributed by atoms with van der Waals surface area (Å²) < 4.78 is 0. The molecule has 0 saturated heterocycles.